The van der Waals surface area contributed by atoms with Crippen molar-refractivity contribution in [3.63, 3.8) is 0 Å². The van der Waals surface area contributed by atoms with E-state index in [0.717, 1.165) is 19.4 Å². The van der Waals surface area contributed by atoms with Gasteiger partial charge in [-0.15, -0.1) is 0 Å². The Bertz CT molecular complexity index is 447. The summed E-state index contributed by atoms with van der Waals surface area (Å²) in [7, 11) is 0. The minimum atomic E-state index is -0.414. The van der Waals surface area contributed by atoms with Crippen molar-refractivity contribution in [1.82, 2.24) is 5.32 Å². The number of amides is 1. The first-order valence-electron chi connectivity index (χ1n) is 7.77. The molecule has 0 radical (unpaired) electrons. The lowest BCUT2D eigenvalue weighted by Gasteiger charge is -2.21. The van der Waals surface area contributed by atoms with Gasteiger partial charge in [0.15, 0.2) is 0 Å². The Morgan fingerprint density at radius 1 is 1.38 bits per heavy atom. The normalized spacial score (nSPS) is 23.2. The largest absolute Gasteiger partial charge is 0.373 e. The van der Waals surface area contributed by atoms with E-state index >= 15 is 0 Å². The van der Waals surface area contributed by atoms with Crippen LogP contribution < -0.4 is 11.1 Å². The average molecular weight is 290 g/mol. The number of carbonyl (C=O) groups excluding carboxylic acids is 1. The van der Waals surface area contributed by atoms with Gasteiger partial charge in [0.05, 0.1) is 12.1 Å². The molecule has 1 aromatic rings. The summed E-state index contributed by atoms with van der Waals surface area (Å²) in [6.07, 6.45) is 1.77. The SMILES string of the molecule is CC(C)C[C@H](N)C(=O)NC[C@@H]1CCO[C@H]1c1ccccc1. The topological polar surface area (TPSA) is 64.4 Å². The second-order valence-electron chi connectivity index (χ2n) is 6.23. The Hall–Kier alpha value is -1.39. The molecule has 0 spiro atoms. The Labute approximate surface area is 127 Å². The second kappa shape index (κ2) is 7.57. The highest BCUT2D eigenvalue weighted by molar-refractivity contribution is 5.81. The number of nitrogens with one attached hydrogen (secondary N) is 1. The standard InChI is InChI=1S/C17H26N2O2/c1-12(2)10-15(18)17(20)19-11-14-8-9-21-16(14)13-6-4-3-5-7-13/h3-7,12,14-16H,8-11,18H2,1-2H3,(H,19,20)/t14-,15-,16-/m0/s1. The molecule has 3 atom stereocenters. The van der Waals surface area contributed by atoms with Crippen LogP contribution in [0.2, 0.25) is 0 Å². The molecule has 0 aliphatic carbocycles. The van der Waals surface area contributed by atoms with Crippen molar-refractivity contribution in [2.75, 3.05) is 13.2 Å². The van der Waals surface area contributed by atoms with Crippen LogP contribution in [0.15, 0.2) is 30.3 Å². The molecule has 4 nitrogen and oxygen atoms in total. The van der Waals surface area contributed by atoms with E-state index in [1.165, 1.54) is 5.56 Å². The molecule has 21 heavy (non-hydrogen) atoms. The van der Waals surface area contributed by atoms with Gasteiger partial charge in [-0.3, -0.25) is 4.79 Å². The molecule has 1 aliphatic rings. The molecule has 1 heterocycles. The summed E-state index contributed by atoms with van der Waals surface area (Å²) in [6, 6.07) is 9.78. The molecule has 0 saturated carbocycles. The minimum absolute atomic E-state index is 0.0533. The average Bonchev–Trinajstić information content (AvgIpc) is 2.93. The lowest BCUT2D eigenvalue weighted by atomic mass is 9.95. The number of ether oxygens (including phenoxy) is 1. The highest BCUT2D eigenvalue weighted by atomic mass is 16.5. The smallest absolute Gasteiger partial charge is 0.236 e. The summed E-state index contributed by atoms with van der Waals surface area (Å²) < 4.78 is 5.83. The lowest BCUT2D eigenvalue weighted by Crippen LogP contribution is -2.43. The molecule has 1 aliphatic heterocycles. The Morgan fingerprint density at radius 2 is 2.10 bits per heavy atom. The van der Waals surface area contributed by atoms with Crippen molar-refractivity contribution in [1.29, 1.82) is 0 Å². The molecule has 1 fully saturated rings. The van der Waals surface area contributed by atoms with Gasteiger partial charge in [-0.25, -0.2) is 0 Å². The maximum absolute atomic E-state index is 12.0. The molecular weight excluding hydrogens is 264 g/mol. The quantitative estimate of drug-likeness (QED) is 0.844. The maximum Gasteiger partial charge on any atom is 0.236 e. The third-order valence-electron chi connectivity index (χ3n) is 3.94. The van der Waals surface area contributed by atoms with Crippen molar-refractivity contribution in [3.05, 3.63) is 35.9 Å². The molecule has 1 saturated heterocycles. The van der Waals surface area contributed by atoms with Crippen molar-refractivity contribution in [2.45, 2.75) is 38.8 Å². The van der Waals surface area contributed by atoms with E-state index in [1.807, 2.05) is 18.2 Å². The van der Waals surface area contributed by atoms with Crippen LogP contribution in [0.1, 0.15) is 38.4 Å². The second-order valence-corrected chi connectivity index (χ2v) is 6.23. The monoisotopic (exact) mass is 290 g/mol. The van der Waals surface area contributed by atoms with Crippen LogP contribution in [0.3, 0.4) is 0 Å². The zero-order chi connectivity index (χ0) is 15.2. The number of hydrogen-bond donors (Lipinski definition) is 2. The van der Waals surface area contributed by atoms with E-state index in [-0.39, 0.29) is 12.0 Å². The van der Waals surface area contributed by atoms with Crippen LogP contribution in [-0.2, 0) is 9.53 Å². The summed E-state index contributed by atoms with van der Waals surface area (Å²) in [5, 5.41) is 2.99. The fourth-order valence-corrected chi connectivity index (χ4v) is 2.83. The fraction of sp³-hybridized carbons (Fsp3) is 0.588. The number of benzene rings is 1. The summed E-state index contributed by atoms with van der Waals surface area (Å²) in [5.41, 5.74) is 7.09. The van der Waals surface area contributed by atoms with Crippen LogP contribution in [-0.4, -0.2) is 25.1 Å². The van der Waals surface area contributed by atoms with Crippen LogP contribution in [0, 0.1) is 11.8 Å². The molecule has 0 bridgehead atoms. The first-order chi connectivity index (χ1) is 10.1. The fourth-order valence-electron chi connectivity index (χ4n) is 2.83. The third-order valence-corrected chi connectivity index (χ3v) is 3.94. The van der Waals surface area contributed by atoms with Crippen LogP contribution in [0.25, 0.3) is 0 Å². The van der Waals surface area contributed by atoms with E-state index in [1.54, 1.807) is 0 Å². The molecule has 1 aromatic carbocycles. The van der Waals surface area contributed by atoms with Gasteiger partial charge in [0.2, 0.25) is 5.91 Å². The van der Waals surface area contributed by atoms with Crippen molar-refractivity contribution < 1.29 is 9.53 Å². The Balaban J connectivity index is 1.86. The van der Waals surface area contributed by atoms with E-state index in [0.29, 0.717) is 18.4 Å². The predicted octanol–water partition coefficient (Wildman–Crippen LogP) is 2.25. The van der Waals surface area contributed by atoms with Gasteiger partial charge in [0.25, 0.3) is 0 Å². The minimum Gasteiger partial charge on any atom is -0.373 e. The Kier molecular flexibility index (Phi) is 5.76. The first-order valence-corrected chi connectivity index (χ1v) is 7.77. The van der Waals surface area contributed by atoms with E-state index in [4.69, 9.17) is 10.5 Å². The molecule has 2 rings (SSSR count). The van der Waals surface area contributed by atoms with Crippen molar-refractivity contribution in [3.8, 4) is 0 Å². The summed E-state index contributed by atoms with van der Waals surface area (Å²) in [4.78, 5) is 12.0. The highest BCUT2D eigenvalue weighted by Crippen LogP contribution is 2.33. The Morgan fingerprint density at radius 3 is 2.76 bits per heavy atom. The zero-order valence-corrected chi connectivity index (χ0v) is 12.9. The zero-order valence-electron chi connectivity index (χ0n) is 12.9. The maximum atomic E-state index is 12.0. The van der Waals surface area contributed by atoms with E-state index in [2.05, 4.69) is 31.3 Å². The molecule has 1 amide bonds. The van der Waals surface area contributed by atoms with E-state index < -0.39 is 6.04 Å². The van der Waals surface area contributed by atoms with Crippen LogP contribution in [0.5, 0.6) is 0 Å². The number of rotatable bonds is 6. The van der Waals surface area contributed by atoms with Crippen LogP contribution >= 0.6 is 0 Å². The molecule has 116 valence electrons. The van der Waals surface area contributed by atoms with Crippen molar-refractivity contribution >= 4 is 5.91 Å². The van der Waals surface area contributed by atoms with Gasteiger partial charge in [-0.1, -0.05) is 44.2 Å². The highest BCUT2D eigenvalue weighted by Gasteiger charge is 2.30. The summed E-state index contributed by atoms with van der Waals surface area (Å²) in [5.74, 6) is 0.697. The van der Waals surface area contributed by atoms with Crippen molar-refractivity contribution in [2.24, 2.45) is 17.6 Å². The summed E-state index contributed by atoms with van der Waals surface area (Å²) in [6.45, 7) is 5.52. The third kappa shape index (κ3) is 4.55. The van der Waals surface area contributed by atoms with E-state index in [9.17, 15) is 4.79 Å². The molecule has 4 heteroatoms. The van der Waals surface area contributed by atoms with Gasteiger partial charge in [-0.05, 0) is 24.3 Å². The molecule has 0 unspecified atom stereocenters. The number of hydrogen-bond acceptors (Lipinski definition) is 3. The first kappa shape index (κ1) is 16.0. The molecular formula is C17H26N2O2. The number of nitrogens with two attached hydrogens (primary N) is 1. The molecule has 3 N–H and O–H groups in total. The van der Waals surface area contributed by atoms with Gasteiger partial charge >= 0.3 is 0 Å². The van der Waals surface area contributed by atoms with Gasteiger partial charge < -0.3 is 15.8 Å². The summed E-state index contributed by atoms with van der Waals surface area (Å²) >= 11 is 0. The lowest BCUT2D eigenvalue weighted by molar-refractivity contribution is -0.122. The van der Waals surface area contributed by atoms with Gasteiger partial charge in [-0.2, -0.15) is 0 Å². The van der Waals surface area contributed by atoms with Gasteiger partial charge in [0, 0.05) is 19.1 Å². The van der Waals surface area contributed by atoms with Crippen LogP contribution in [0.4, 0.5) is 0 Å². The molecule has 0 aromatic heterocycles. The van der Waals surface area contributed by atoms with Gasteiger partial charge in [0.1, 0.15) is 0 Å². The number of carbonyl (C=O) groups is 1. The predicted molar refractivity (Wildman–Crippen MR) is 83.7 cm³/mol.